The summed E-state index contributed by atoms with van der Waals surface area (Å²) in [6.45, 7) is 0. The van der Waals surface area contributed by atoms with Crippen molar-refractivity contribution in [2.24, 2.45) is 0 Å². The highest BCUT2D eigenvalue weighted by atomic mass is 79.9. The van der Waals surface area contributed by atoms with Crippen LogP contribution in [-0.4, -0.2) is 22.5 Å². The van der Waals surface area contributed by atoms with E-state index in [2.05, 4.69) is 15.9 Å². The van der Waals surface area contributed by atoms with Gasteiger partial charge < -0.3 is 5.11 Å². The molecule has 0 saturated carbocycles. The van der Waals surface area contributed by atoms with Gasteiger partial charge in [0.05, 0.1) is 6.42 Å². The Balaban J connectivity index is 3.87. The van der Waals surface area contributed by atoms with Gasteiger partial charge >= 0.3 is 12.3 Å². The average Bonchev–Trinajstić information content (AvgIpc) is 1.60. The molecule has 0 aromatic heterocycles. The van der Waals surface area contributed by atoms with Crippen LogP contribution in [0.4, 0.5) is 17.6 Å². The van der Waals surface area contributed by atoms with E-state index in [4.69, 9.17) is 5.11 Å². The van der Waals surface area contributed by atoms with Crippen LogP contribution >= 0.6 is 15.9 Å². The van der Waals surface area contributed by atoms with Gasteiger partial charge in [-0.2, -0.15) is 0 Å². The van der Waals surface area contributed by atoms with Gasteiger partial charge in [-0.3, -0.25) is 0 Å². The fourth-order valence-electron chi connectivity index (χ4n) is 0.314. The number of aliphatic hydroxyl groups excluding tert-OH is 1. The van der Waals surface area contributed by atoms with Crippen molar-refractivity contribution in [1.29, 1.82) is 0 Å². The first-order valence-corrected chi connectivity index (χ1v) is 3.26. The minimum Gasteiger partial charge on any atom is -0.382 e. The number of hydrogen-bond donors (Lipinski definition) is 1. The minimum atomic E-state index is -4.11. The molecule has 0 aromatic rings. The predicted molar refractivity (Wildman–Crippen MR) is 30.5 cm³/mol. The minimum absolute atomic E-state index is 1.27. The highest BCUT2D eigenvalue weighted by Crippen LogP contribution is 2.29. The van der Waals surface area contributed by atoms with E-state index in [9.17, 15) is 17.6 Å². The Morgan fingerprint density at radius 2 is 1.80 bits per heavy atom. The van der Waals surface area contributed by atoms with E-state index in [1.54, 1.807) is 0 Å². The normalized spacial score (nSPS) is 15.9. The standard InChI is InChI=1S/C4H5BrF4O/c5-2(10)1-4(8,9)3(6)7/h2-3,10H,1H2. The largest absolute Gasteiger partial charge is 0.382 e. The lowest BCUT2D eigenvalue weighted by Crippen LogP contribution is -2.29. The Morgan fingerprint density at radius 3 is 1.90 bits per heavy atom. The molecule has 10 heavy (non-hydrogen) atoms. The molecule has 0 fully saturated rings. The van der Waals surface area contributed by atoms with Gasteiger partial charge in [-0.05, 0) is 0 Å². The lowest BCUT2D eigenvalue weighted by atomic mass is 10.2. The molecule has 0 aromatic carbocycles. The van der Waals surface area contributed by atoms with E-state index in [1.807, 2.05) is 0 Å². The molecule has 62 valence electrons. The lowest BCUT2D eigenvalue weighted by molar-refractivity contribution is -0.140. The van der Waals surface area contributed by atoms with Crippen LogP contribution in [0.3, 0.4) is 0 Å². The Kier molecular flexibility index (Phi) is 3.58. The summed E-state index contributed by atoms with van der Waals surface area (Å²) >= 11 is 2.32. The van der Waals surface area contributed by atoms with Gasteiger partial charge in [0.1, 0.15) is 5.01 Å². The van der Waals surface area contributed by atoms with Crippen LogP contribution in [0.2, 0.25) is 0 Å². The van der Waals surface area contributed by atoms with Crippen molar-refractivity contribution >= 4 is 15.9 Å². The maximum absolute atomic E-state index is 11.9. The summed E-state index contributed by atoms with van der Waals surface area (Å²) in [6.07, 6.45) is -5.00. The molecule has 1 unspecified atom stereocenters. The van der Waals surface area contributed by atoms with E-state index >= 15 is 0 Å². The second kappa shape index (κ2) is 3.52. The average molecular weight is 225 g/mol. The van der Waals surface area contributed by atoms with Gasteiger partial charge in [-0.25, -0.2) is 17.6 Å². The summed E-state index contributed by atoms with van der Waals surface area (Å²) in [5, 5.41) is 6.65. The van der Waals surface area contributed by atoms with E-state index in [1.165, 1.54) is 0 Å². The van der Waals surface area contributed by atoms with Gasteiger partial charge in [0.15, 0.2) is 0 Å². The molecule has 1 nitrogen and oxygen atoms in total. The summed E-state index contributed by atoms with van der Waals surface area (Å²) in [4.78, 5) is 0. The second-order valence-corrected chi connectivity index (χ2v) is 2.76. The lowest BCUT2D eigenvalue weighted by Gasteiger charge is -2.15. The first kappa shape index (κ1) is 10.2. The molecule has 0 amide bonds. The highest BCUT2D eigenvalue weighted by molar-refractivity contribution is 9.09. The van der Waals surface area contributed by atoms with Gasteiger partial charge in [0.2, 0.25) is 0 Å². The number of hydrogen-bond acceptors (Lipinski definition) is 1. The monoisotopic (exact) mass is 224 g/mol. The van der Waals surface area contributed by atoms with Crippen LogP contribution in [0.15, 0.2) is 0 Å². The molecule has 0 aliphatic carbocycles. The van der Waals surface area contributed by atoms with Gasteiger partial charge in [0.25, 0.3) is 0 Å². The summed E-state index contributed by atoms with van der Waals surface area (Å²) in [5.41, 5.74) is 0. The van der Waals surface area contributed by atoms with Gasteiger partial charge in [0, 0.05) is 0 Å². The van der Waals surface area contributed by atoms with E-state index < -0.39 is 23.8 Å². The van der Waals surface area contributed by atoms with Crippen LogP contribution in [0, 0.1) is 0 Å². The molecule has 0 aliphatic heterocycles. The van der Waals surface area contributed by atoms with Gasteiger partial charge in [-0.1, -0.05) is 15.9 Å². The van der Waals surface area contributed by atoms with Crippen LogP contribution < -0.4 is 0 Å². The first-order chi connectivity index (χ1) is 4.36. The topological polar surface area (TPSA) is 20.2 Å². The van der Waals surface area contributed by atoms with E-state index in [0.29, 0.717) is 0 Å². The fourth-order valence-corrected chi connectivity index (χ4v) is 0.745. The molecule has 0 rings (SSSR count). The smallest absolute Gasteiger partial charge is 0.310 e. The number of alkyl halides is 5. The maximum atomic E-state index is 11.9. The molecular formula is C4H5BrF4O. The second-order valence-electron chi connectivity index (χ2n) is 1.70. The SMILES string of the molecule is OC(Br)CC(F)(F)C(F)F. The van der Waals surface area contributed by atoms with E-state index in [-0.39, 0.29) is 0 Å². The Bertz CT molecular complexity index is 105. The van der Waals surface area contributed by atoms with Crippen molar-refractivity contribution < 1.29 is 22.7 Å². The molecule has 0 radical (unpaired) electrons. The maximum Gasteiger partial charge on any atom is 0.310 e. The quantitative estimate of drug-likeness (QED) is 0.575. The Hall–Kier alpha value is 0.160. The third-order valence-corrected chi connectivity index (χ3v) is 1.08. The van der Waals surface area contributed by atoms with Crippen molar-refractivity contribution in [3.05, 3.63) is 0 Å². The molecule has 0 aliphatic rings. The van der Waals surface area contributed by atoms with Crippen molar-refractivity contribution in [2.45, 2.75) is 23.8 Å². The van der Waals surface area contributed by atoms with E-state index in [0.717, 1.165) is 0 Å². The molecule has 1 atom stereocenters. The summed E-state index contributed by atoms with van der Waals surface area (Å²) < 4.78 is 46.3. The van der Waals surface area contributed by atoms with Crippen molar-refractivity contribution in [1.82, 2.24) is 0 Å². The number of rotatable bonds is 3. The molecular weight excluding hydrogens is 220 g/mol. The number of halogens is 5. The number of aliphatic hydroxyl groups is 1. The third-order valence-electron chi connectivity index (χ3n) is 0.760. The summed E-state index contributed by atoms with van der Waals surface area (Å²) in [7, 11) is 0. The van der Waals surface area contributed by atoms with Gasteiger partial charge in [-0.15, -0.1) is 0 Å². The Labute approximate surface area is 63.2 Å². The molecule has 0 bridgehead atoms. The van der Waals surface area contributed by atoms with Crippen LogP contribution in [-0.2, 0) is 0 Å². The molecule has 0 heterocycles. The van der Waals surface area contributed by atoms with Crippen molar-refractivity contribution in [3.63, 3.8) is 0 Å². The summed E-state index contributed by atoms with van der Waals surface area (Å²) in [6, 6.07) is 0. The zero-order chi connectivity index (χ0) is 8.36. The highest BCUT2D eigenvalue weighted by Gasteiger charge is 2.41. The molecule has 0 spiro atoms. The first-order valence-electron chi connectivity index (χ1n) is 2.34. The fraction of sp³-hybridized carbons (Fsp3) is 1.00. The molecule has 6 heteroatoms. The Morgan fingerprint density at radius 1 is 1.40 bits per heavy atom. The summed E-state index contributed by atoms with van der Waals surface area (Å²) in [5.74, 6) is -4.11. The molecule has 0 saturated heterocycles. The molecule has 1 N–H and O–H groups in total. The van der Waals surface area contributed by atoms with Crippen LogP contribution in [0.1, 0.15) is 6.42 Å². The predicted octanol–water partition coefficient (Wildman–Crippen LogP) is 1.99. The zero-order valence-electron chi connectivity index (χ0n) is 4.70. The van der Waals surface area contributed by atoms with Crippen molar-refractivity contribution in [3.8, 4) is 0 Å². The van der Waals surface area contributed by atoms with Crippen LogP contribution in [0.25, 0.3) is 0 Å². The zero-order valence-corrected chi connectivity index (χ0v) is 6.28. The van der Waals surface area contributed by atoms with Crippen LogP contribution in [0.5, 0.6) is 0 Å². The van der Waals surface area contributed by atoms with Crippen molar-refractivity contribution in [2.75, 3.05) is 0 Å². The third kappa shape index (κ3) is 3.36.